The molecule has 6 heteroatoms. The average Bonchev–Trinajstić information content (AvgIpc) is 2.90. The molecule has 0 atom stereocenters. The van der Waals surface area contributed by atoms with Crippen molar-refractivity contribution < 1.29 is 9.18 Å². The second-order valence-corrected chi connectivity index (χ2v) is 7.24. The van der Waals surface area contributed by atoms with Gasteiger partial charge < -0.3 is 16.0 Å². The number of carbonyl (C=O) groups is 1. The lowest BCUT2D eigenvalue weighted by Gasteiger charge is -2.23. The minimum atomic E-state index is -0.247. The van der Waals surface area contributed by atoms with E-state index in [1.54, 1.807) is 6.07 Å². The highest BCUT2D eigenvalue weighted by atomic mass is 19.1. The first-order chi connectivity index (χ1) is 13.5. The number of nitrogens with two attached hydrogens (primary N) is 1. The van der Waals surface area contributed by atoms with Crippen LogP contribution in [0.15, 0.2) is 42.5 Å². The first kappa shape index (κ1) is 18.4. The average molecular weight is 378 g/mol. The van der Waals surface area contributed by atoms with Gasteiger partial charge >= 0.3 is 0 Å². The second-order valence-electron chi connectivity index (χ2n) is 7.24. The SMILES string of the molecule is Cc1ccc2nc(N3CCCc4ccc(F)cc4C3)cc(NC(=O)CN)c2c1. The minimum Gasteiger partial charge on any atom is -0.352 e. The van der Waals surface area contributed by atoms with Crippen LogP contribution in [-0.4, -0.2) is 24.0 Å². The predicted molar refractivity (Wildman–Crippen MR) is 110 cm³/mol. The lowest BCUT2D eigenvalue weighted by atomic mass is 10.0. The van der Waals surface area contributed by atoms with Gasteiger partial charge in [-0.3, -0.25) is 4.79 Å². The molecule has 1 aliphatic heterocycles. The van der Waals surface area contributed by atoms with Gasteiger partial charge in [-0.2, -0.15) is 0 Å². The molecule has 3 aromatic rings. The van der Waals surface area contributed by atoms with Crippen LogP contribution in [0, 0.1) is 12.7 Å². The molecule has 0 spiro atoms. The highest BCUT2D eigenvalue weighted by molar-refractivity contribution is 6.02. The number of amides is 1. The zero-order valence-corrected chi connectivity index (χ0v) is 15.8. The third kappa shape index (κ3) is 3.68. The molecule has 4 rings (SSSR count). The monoisotopic (exact) mass is 378 g/mol. The van der Waals surface area contributed by atoms with E-state index in [4.69, 9.17) is 10.7 Å². The molecule has 5 nitrogen and oxygen atoms in total. The van der Waals surface area contributed by atoms with E-state index in [-0.39, 0.29) is 18.3 Å². The number of aromatic nitrogens is 1. The molecular formula is C22H23FN4O. The topological polar surface area (TPSA) is 71.2 Å². The summed E-state index contributed by atoms with van der Waals surface area (Å²) in [5.74, 6) is 0.294. The van der Waals surface area contributed by atoms with Crippen molar-refractivity contribution in [3.8, 4) is 0 Å². The third-order valence-corrected chi connectivity index (χ3v) is 5.14. The summed E-state index contributed by atoms with van der Waals surface area (Å²) in [6, 6.07) is 12.8. The summed E-state index contributed by atoms with van der Waals surface area (Å²) >= 11 is 0. The smallest absolute Gasteiger partial charge is 0.238 e. The Balaban J connectivity index is 1.77. The van der Waals surface area contributed by atoms with Crippen molar-refractivity contribution in [2.75, 3.05) is 23.3 Å². The van der Waals surface area contributed by atoms with Crippen LogP contribution in [0.1, 0.15) is 23.1 Å². The standard InChI is InChI=1S/C22H23FN4O/c1-14-4-7-19-18(9-14)20(26-22(28)12-24)11-21(25-19)27-8-2-3-15-5-6-17(23)10-16(15)13-27/h4-7,9-11H,2-3,8,12-13,24H2,1H3,(H,25,26,28). The molecule has 1 aliphatic rings. The van der Waals surface area contributed by atoms with Gasteiger partial charge in [0.2, 0.25) is 5.91 Å². The van der Waals surface area contributed by atoms with Crippen LogP contribution in [0.4, 0.5) is 15.9 Å². The van der Waals surface area contributed by atoms with E-state index in [1.807, 2.05) is 37.3 Å². The van der Waals surface area contributed by atoms with Gasteiger partial charge in [-0.05, 0) is 55.2 Å². The first-order valence-electron chi connectivity index (χ1n) is 9.47. The van der Waals surface area contributed by atoms with Gasteiger partial charge in [0.1, 0.15) is 11.6 Å². The van der Waals surface area contributed by atoms with E-state index in [2.05, 4.69) is 10.2 Å². The number of benzene rings is 2. The quantitative estimate of drug-likeness (QED) is 0.731. The number of rotatable bonds is 3. The van der Waals surface area contributed by atoms with Gasteiger partial charge in [0, 0.05) is 24.5 Å². The molecule has 2 heterocycles. The van der Waals surface area contributed by atoms with Crippen molar-refractivity contribution >= 4 is 28.3 Å². The number of hydrogen-bond donors (Lipinski definition) is 2. The summed E-state index contributed by atoms with van der Waals surface area (Å²) in [5, 5.41) is 3.78. The van der Waals surface area contributed by atoms with Crippen LogP contribution in [0.5, 0.6) is 0 Å². The summed E-state index contributed by atoms with van der Waals surface area (Å²) in [6.07, 6.45) is 1.87. The van der Waals surface area contributed by atoms with Crippen molar-refractivity contribution in [1.29, 1.82) is 0 Å². The van der Waals surface area contributed by atoms with Gasteiger partial charge in [0.05, 0.1) is 17.7 Å². The van der Waals surface area contributed by atoms with Gasteiger partial charge in [0.25, 0.3) is 0 Å². The Morgan fingerprint density at radius 2 is 2.07 bits per heavy atom. The fraction of sp³-hybridized carbons (Fsp3) is 0.273. The first-order valence-corrected chi connectivity index (χ1v) is 9.47. The Kier molecular flexibility index (Phi) is 4.96. The van der Waals surface area contributed by atoms with Crippen LogP contribution in [-0.2, 0) is 17.8 Å². The lowest BCUT2D eigenvalue weighted by molar-refractivity contribution is -0.114. The van der Waals surface area contributed by atoms with Gasteiger partial charge in [0.15, 0.2) is 0 Å². The molecular weight excluding hydrogens is 355 g/mol. The van der Waals surface area contributed by atoms with Crippen LogP contribution in [0.3, 0.4) is 0 Å². The number of nitrogens with one attached hydrogen (secondary N) is 1. The lowest BCUT2D eigenvalue weighted by Crippen LogP contribution is -2.25. The number of anilines is 2. The molecule has 0 aliphatic carbocycles. The number of nitrogens with zero attached hydrogens (tertiary/aromatic N) is 2. The highest BCUT2D eigenvalue weighted by Crippen LogP contribution is 2.30. The number of pyridine rings is 1. The highest BCUT2D eigenvalue weighted by Gasteiger charge is 2.18. The maximum Gasteiger partial charge on any atom is 0.238 e. The van der Waals surface area contributed by atoms with Crippen molar-refractivity contribution in [2.45, 2.75) is 26.3 Å². The molecule has 0 unspecified atom stereocenters. The largest absolute Gasteiger partial charge is 0.352 e. The summed E-state index contributed by atoms with van der Waals surface area (Å²) in [6.45, 7) is 3.32. The summed E-state index contributed by atoms with van der Waals surface area (Å²) in [7, 11) is 0. The number of aryl methyl sites for hydroxylation is 2. The van der Waals surface area contributed by atoms with Crippen molar-refractivity contribution in [3.05, 3.63) is 65.0 Å². The van der Waals surface area contributed by atoms with Crippen LogP contribution in [0.2, 0.25) is 0 Å². The Bertz CT molecular complexity index is 1050. The molecule has 3 N–H and O–H groups in total. The molecule has 2 aromatic carbocycles. The van der Waals surface area contributed by atoms with E-state index in [0.717, 1.165) is 47.2 Å². The fourth-order valence-corrected chi connectivity index (χ4v) is 3.72. The van der Waals surface area contributed by atoms with Gasteiger partial charge in [-0.15, -0.1) is 0 Å². The van der Waals surface area contributed by atoms with E-state index in [0.29, 0.717) is 12.2 Å². The van der Waals surface area contributed by atoms with E-state index < -0.39 is 0 Å². The zero-order valence-electron chi connectivity index (χ0n) is 15.8. The maximum atomic E-state index is 13.8. The zero-order chi connectivity index (χ0) is 19.7. The third-order valence-electron chi connectivity index (χ3n) is 5.14. The molecule has 1 amide bonds. The van der Waals surface area contributed by atoms with E-state index in [1.165, 1.54) is 11.6 Å². The Morgan fingerprint density at radius 1 is 1.21 bits per heavy atom. The molecule has 0 fully saturated rings. The van der Waals surface area contributed by atoms with E-state index in [9.17, 15) is 9.18 Å². The van der Waals surface area contributed by atoms with Gasteiger partial charge in [-0.1, -0.05) is 17.7 Å². The number of halogens is 1. The van der Waals surface area contributed by atoms with Crippen molar-refractivity contribution in [1.82, 2.24) is 4.98 Å². The molecule has 1 aromatic heterocycles. The summed E-state index contributed by atoms with van der Waals surface area (Å²) in [4.78, 5) is 18.9. The number of fused-ring (bicyclic) bond motifs is 2. The summed E-state index contributed by atoms with van der Waals surface area (Å²) < 4.78 is 13.8. The van der Waals surface area contributed by atoms with E-state index >= 15 is 0 Å². The van der Waals surface area contributed by atoms with Crippen LogP contribution >= 0.6 is 0 Å². The summed E-state index contributed by atoms with van der Waals surface area (Å²) in [5.41, 5.74) is 10.2. The number of hydrogen-bond acceptors (Lipinski definition) is 4. The molecule has 28 heavy (non-hydrogen) atoms. The Hall–Kier alpha value is -2.99. The molecule has 0 bridgehead atoms. The molecule has 0 saturated carbocycles. The normalized spacial score (nSPS) is 13.9. The van der Waals surface area contributed by atoms with Crippen LogP contribution in [0.25, 0.3) is 10.9 Å². The number of carbonyl (C=O) groups excluding carboxylic acids is 1. The van der Waals surface area contributed by atoms with Gasteiger partial charge in [-0.25, -0.2) is 9.37 Å². The molecule has 0 saturated heterocycles. The van der Waals surface area contributed by atoms with Crippen molar-refractivity contribution in [2.24, 2.45) is 5.73 Å². The second kappa shape index (κ2) is 7.56. The Labute approximate surface area is 163 Å². The maximum absolute atomic E-state index is 13.8. The molecule has 0 radical (unpaired) electrons. The van der Waals surface area contributed by atoms with Crippen LogP contribution < -0.4 is 16.0 Å². The fourth-order valence-electron chi connectivity index (χ4n) is 3.72. The molecule has 144 valence electrons. The van der Waals surface area contributed by atoms with Crippen molar-refractivity contribution in [3.63, 3.8) is 0 Å². The minimum absolute atomic E-state index is 0.0820. The Morgan fingerprint density at radius 3 is 2.89 bits per heavy atom. The predicted octanol–water partition coefficient (Wildman–Crippen LogP) is 3.53.